The number of aliphatic hydroxyl groups excluding tert-OH is 1. The quantitative estimate of drug-likeness (QED) is 0.910. The molecule has 0 aromatic heterocycles. The second-order valence-electron chi connectivity index (χ2n) is 4.75. The largest absolute Gasteiger partial charge is 0.387 e. The van der Waals surface area contributed by atoms with Crippen LogP contribution in [0.1, 0.15) is 17.2 Å². The van der Waals surface area contributed by atoms with E-state index in [4.69, 9.17) is 0 Å². The maximum Gasteiger partial charge on any atom is 0.0916 e. The average molecular weight is 320 g/mol. The van der Waals surface area contributed by atoms with Crippen LogP contribution in [0.4, 0.5) is 0 Å². The monoisotopic (exact) mass is 319 g/mol. The molecular weight excluding hydrogens is 302 g/mol. The first-order valence-electron chi connectivity index (χ1n) is 6.31. The molecule has 0 aliphatic heterocycles. The first-order valence-corrected chi connectivity index (χ1v) is 7.10. The van der Waals surface area contributed by atoms with E-state index in [0.717, 1.165) is 16.6 Å². The molecule has 1 N–H and O–H groups in total. The van der Waals surface area contributed by atoms with Gasteiger partial charge in [-0.25, -0.2) is 0 Å². The highest BCUT2D eigenvalue weighted by Crippen LogP contribution is 2.18. The van der Waals surface area contributed by atoms with Crippen molar-refractivity contribution in [3.05, 3.63) is 70.2 Å². The SMILES string of the molecule is CN(Cc1ccccc1)CC(O)c1ccc(Br)cc1. The van der Waals surface area contributed by atoms with Crippen LogP contribution in [0.2, 0.25) is 0 Å². The fourth-order valence-corrected chi connectivity index (χ4v) is 2.31. The van der Waals surface area contributed by atoms with Gasteiger partial charge in [-0.3, -0.25) is 4.90 Å². The van der Waals surface area contributed by atoms with Gasteiger partial charge in [0.05, 0.1) is 6.10 Å². The molecule has 0 aliphatic carbocycles. The van der Waals surface area contributed by atoms with Gasteiger partial charge >= 0.3 is 0 Å². The van der Waals surface area contributed by atoms with Crippen LogP contribution in [-0.4, -0.2) is 23.6 Å². The first-order chi connectivity index (χ1) is 9.15. The van der Waals surface area contributed by atoms with Crippen molar-refractivity contribution in [2.75, 3.05) is 13.6 Å². The highest BCUT2D eigenvalue weighted by atomic mass is 79.9. The van der Waals surface area contributed by atoms with Gasteiger partial charge in [-0.1, -0.05) is 58.4 Å². The van der Waals surface area contributed by atoms with E-state index in [1.165, 1.54) is 5.56 Å². The third-order valence-electron chi connectivity index (χ3n) is 3.03. The molecule has 0 spiro atoms. The second kappa shape index (κ2) is 6.85. The van der Waals surface area contributed by atoms with Crippen molar-refractivity contribution >= 4 is 15.9 Å². The molecule has 0 amide bonds. The number of nitrogens with zero attached hydrogens (tertiary/aromatic N) is 1. The number of halogens is 1. The van der Waals surface area contributed by atoms with Crippen molar-refractivity contribution < 1.29 is 5.11 Å². The maximum atomic E-state index is 10.2. The van der Waals surface area contributed by atoms with Crippen LogP contribution in [0.25, 0.3) is 0 Å². The number of hydrogen-bond acceptors (Lipinski definition) is 2. The van der Waals surface area contributed by atoms with E-state index in [1.807, 2.05) is 49.5 Å². The van der Waals surface area contributed by atoms with Gasteiger partial charge in [0.1, 0.15) is 0 Å². The third-order valence-corrected chi connectivity index (χ3v) is 3.56. The molecule has 3 heteroatoms. The molecule has 2 nitrogen and oxygen atoms in total. The van der Waals surface area contributed by atoms with E-state index in [-0.39, 0.29) is 0 Å². The van der Waals surface area contributed by atoms with Crippen LogP contribution in [0.15, 0.2) is 59.1 Å². The predicted octanol–water partition coefficient (Wildman–Crippen LogP) is 3.61. The van der Waals surface area contributed by atoms with Gasteiger partial charge in [-0.15, -0.1) is 0 Å². The number of hydrogen-bond donors (Lipinski definition) is 1. The Morgan fingerprint density at radius 3 is 2.32 bits per heavy atom. The van der Waals surface area contributed by atoms with Crippen molar-refractivity contribution in [2.24, 2.45) is 0 Å². The van der Waals surface area contributed by atoms with Crippen LogP contribution in [-0.2, 0) is 6.54 Å². The van der Waals surface area contributed by atoms with Gasteiger partial charge in [0.2, 0.25) is 0 Å². The highest BCUT2D eigenvalue weighted by molar-refractivity contribution is 9.10. The zero-order valence-electron chi connectivity index (χ0n) is 11.0. The number of rotatable bonds is 5. The summed E-state index contributed by atoms with van der Waals surface area (Å²) in [5.74, 6) is 0. The summed E-state index contributed by atoms with van der Waals surface area (Å²) >= 11 is 3.40. The Hall–Kier alpha value is -1.16. The Balaban J connectivity index is 1.91. The molecule has 2 aromatic rings. The average Bonchev–Trinajstić information content (AvgIpc) is 2.40. The molecule has 0 saturated heterocycles. The minimum absolute atomic E-state index is 0.457. The van der Waals surface area contributed by atoms with E-state index >= 15 is 0 Å². The van der Waals surface area contributed by atoms with Gasteiger partial charge < -0.3 is 5.11 Å². The van der Waals surface area contributed by atoms with Crippen LogP contribution in [0.3, 0.4) is 0 Å². The van der Waals surface area contributed by atoms with Crippen LogP contribution in [0, 0.1) is 0 Å². The topological polar surface area (TPSA) is 23.5 Å². The van der Waals surface area contributed by atoms with Gasteiger partial charge in [0.25, 0.3) is 0 Å². The zero-order valence-corrected chi connectivity index (χ0v) is 12.5. The second-order valence-corrected chi connectivity index (χ2v) is 5.67. The summed E-state index contributed by atoms with van der Waals surface area (Å²) in [5, 5.41) is 10.2. The third kappa shape index (κ3) is 4.46. The summed E-state index contributed by atoms with van der Waals surface area (Å²) < 4.78 is 1.03. The lowest BCUT2D eigenvalue weighted by Gasteiger charge is -2.21. The molecule has 0 fully saturated rings. The van der Waals surface area contributed by atoms with Crippen LogP contribution >= 0.6 is 15.9 Å². The molecule has 0 saturated carbocycles. The van der Waals surface area contributed by atoms with Gasteiger partial charge in [-0.2, -0.15) is 0 Å². The van der Waals surface area contributed by atoms with Crippen molar-refractivity contribution in [3.8, 4) is 0 Å². The lowest BCUT2D eigenvalue weighted by atomic mass is 10.1. The van der Waals surface area contributed by atoms with Gasteiger partial charge in [0.15, 0.2) is 0 Å². The maximum absolute atomic E-state index is 10.2. The summed E-state index contributed by atoms with van der Waals surface area (Å²) in [5.41, 5.74) is 2.20. The fourth-order valence-electron chi connectivity index (χ4n) is 2.05. The Morgan fingerprint density at radius 1 is 1.05 bits per heavy atom. The zero-order chi connectivity index (χ0) is 13.7. The number of likely N-dealkylation sites (N-methyl/N-ethyl adjacent to an activating group) is 1. The van der Waals surface area contributed by atoms with Crippen LogP contribution in [0.5, 0.6) is 0 Å². The molecule has 100 valence electrons. The van der Waals surface area contributed by atoms with Gasteiger partial charge in [0, 0.05) is 17.6 Å². The van der Waals surface area contributed by atoms with Gasteiger partial charge in [-0.05, 0) is 30.3 Å². The smallest absolute Gasteiger partial charge is 0.0916 e. The lowest BCUT2D eigenvalue weighted by Crippen LogP contribution is -2.24. The number of benzene rings is 2. The molecule has 1 unspecified atom stereocenters. The minimum atomic E-state index is -0.457. The number of aliphatic hydroxyl groups is 1. The lowest BCUT2D eigenvalue weighted by molar-refractivity contribution is 0.124. The van der Waals surface area contributed by atoms with E-state index in [2.05, 4.69) is 33.0 Å². The molecule has 19 heavy (non-hydrogen) atoms. The molecule has 1 atom stereocenters. The summed E-state index contributed by atoms with van der Waals surface area (Å²) in [7, 11) is 2.02. The van der Waals surface area contributed by atoms with Crippen LogP contribution < -0.4 is 0 Å². The molecule has 2 rings (SSSR count). The van der Waals surface area contributed by atoms with E-state index in [0.29, 0.717) is 6.54 Å². The summed E-state index contributed by atoms with van der Waals surface area (Å²) in [4.78, 5) is 2.13. The van der Waals surface area contributed by atoms with Crippen molar-refractivity contribution in [1.82, 2.24) is 4.90 Å². The fraction of sp³-hybridized carbons (Fsp3) is 0.250. The Bertz CT molecular complexity index is 498. The van der Waals surface area contributed by atoms with E-state index in [1.54, 1.807) is 0 Å². The van der Waals surface area contributed by atoms with Crippen molar-refractivity contribution in [2.45, 2.75) is 12.6 Å². The summed E-state index contributed by atoms with van der Waals surface area (Å²) in [6.07, 6.45) is -0.457. The van der Waals surface area contributed by atoms with E-state index < -0.39 is 6.10 Å². The normalized spacial score (nSPS) is 12.6. The highest BCUT2D eigenvalue weighted by Gasteiger charge is 2.10. The predicted molar refractivity (Wildman–Crippen MR) is 81.9 cm³/mol. The van der Waals surface area contributed by atoms with Crippen molar-refractivity contribution in [3.63, 3.8) is 0 Å². The molecule has 0 radical (unpaired) electrons. The summed E-state index contributed by atoms with van der Waals surface area (Å²) in [6, 6.07) is 18.1. The molecule has 0 bridgehead atoms. The molecule has 0 aliphatic rings. The van der Waals surface area contributed by atoms with E-state index in [9.17, 15) is 5.11 Å². The first kappa shape index (κ1) is 14.3. The Labute approximate surface area is 122 Å². The minimum Gasteiger partial charge on any atom is -0.387 e. The Morgan fingerprint density at radius 2 is 1.68 bits per heavy atom. The molecule has 0 heterocycles. The summed E-state index contributed by atoms with van der Waals surface area (Å²) in [6.45, 7) is 1.46. The standard InChI is InChI=1S/C16H18BrNO/c1-18(11-13-5-3-2-4-6-13)12-16(19)14-7-9-15(17)10-8-14/h2-10,16,19H,11-12H2,1H3. The van der Waals surface area contributed by atoms with Crippen molar-refractivity contribution in [1.29, 1.82) is 0 Å². The molecule has 2 aromatic carbocycles. The molecular formula is C16H18BrNO. The Kier molecular flexibility index (Phi) is 5.14.